The number of carbonyl (C=O) groups excluding carboxylic acids is 4. The van der Waals surface area contributed by atoms with Crippen LogP contribution in [0.3, 0.4) is 0 Å². The van der Waals surface area contributed by atoms with E-state index in [-0.39, 0.29) is 24.9 Å². The average Bonchev–Trinajstić information content (AvgIpc) is 3.78. The molecule has 0 spiro atoms. The highest BCUT2D eigenvalue weighted by atomic mass is 16.7. The van der Waals surface area contributed by atoms with E-state index in [1.807, 2.05) is 125 Å². The third kappa shape index (κ3) is 28.6. The first-order valence-electron chi connectivity index (χ1n) is 22.4. The summed E-state index contributed by atoms with van der Waals surface area (Å²) in [5.41, 5.74) is 2.74. The summed E-state index contributed by atoms with van der Waals surface area (Å²) in [4.78, 5) is 52.8. The second-order valence-corrected chi connectivity index (χ2v) is 12.1. The molecule has 1 aromatic heterocycles. The number of unbranched alkanes of at least 4 members (excludes halogenated alkanes) is 5. The Hall–Kier alpha value is -4.44. The maximum Gasteiger partial charge on any atom is 0.288 e. The van der Waals surface area contributed by atoms with Gasteiger partial charge in [-0.15, -0.1) is 0 Å². The van der Waals surface area contributed by atoms with Gasteiger partial charge in [0, 0.05) is 5.56 Å². The van der Waals surface area contributed by atoms with Gasteiger partial charge in [0.15, 0.2) is 5.76 Å². The molecule has 0 fully saturated rings. The van der Waals surface area contributed by atoms with Crippen LogP contribution in [0, 0.1) is 12.8 Å². The van der Waals surface area contributed by atoms with Gasteiger partial charge in [0.05, 0.1) is 25.2 Å². The molecule has 2 N–H and O–H groups in total. The molecule has 0 aliphatic rings. The average molecular weight is 828 g/mol. The molecule has 1 heterocycles. The Morgan fingerprint density at radius 3 is 1.83 bits per heavy atom. The fraction of sp³-hybridized carbons (Fsp3) is 0.592. The number of benzene rings is 2. The van der Waals surface area contributed by atoms with Crippen molar-refractivity contribution in [3.05, 3.63) is 77.6 Å². The van der Waals surface area contributed by atoms with E-state index >= 15 is 0 Å². The number of hydrogen-bond acceptors (Lipinski definition) is 7. The van der Waals surface area contributed by atoms with Crippen molar-refractivity contribution in [3.63, 3.8) is 0 Å². The SMILES string of the molecule is CC.CC.CC.CC.CC=O.CCCCCC.CCCCCC(C(=O)NCNC(=O)c1ccc(-c2cc(C)cc(OCC)c2)o1)C(CC)N(C=O)OCc1ccccc1. The number of carbonyl (C=O) groups is 4. The van der Waals surface area contributed by atoms with Crippen molar-refractivity contribution in [2.45, 2.75) is 174 Å². The smallest absolute Gasteiger partial charge is 0.288 e. The highest BCUT2D eigenvalue weighted by Crippen LogP contribution is 2.28. The zero-order valence-electron chi connectivity index (χ0n) is 39.9. The third-order valence-electron chi connectivity index (χ3n) is 7.94. The Bertz CT molecular complexity index is 1390. The number of nitrogens with one attached hydrogen (secondary N) is 2. The summed E-state index contributed by atoms with van der Waals surface area (Å²) >= 11 is 0. The molecule has 0 saturated carbocycles. The molecule has 0 bridgehead atoms. The van der Waals surface area contributed by atoms with Gasteiger partial charge in [-0.1, -0.05) is 158 Å². The van der Waals surface area contributed by atoms with Crippen molar-refractivity contribution in [2.24, 2.45) is 5.92 Å². The molecule has 2 atom stereocenters. The first-order chi connectivity index (χ1) is 28.7. The first-order valence-corrected chi connectivity index (χ1v) is 22.4. The number of ether oxygens (including phenoxy) is 1. The zero-order valence-corrected chi connectivity index (χ0v) is 39.9. The Balaban J connectivity index is -0.000000767. The minimum atomic E-state index is -0.504. The van der Waals surface area contributed by atoms with Crippen molar-refractivity contribution in [1.82, 2.24) is 15.7 Å². The highest BCUT2D eigenvalue weighted by molar-refractivity contribution is 5.92. The molecule has 0 aliphatic heterocycles. The molecule has 0 radical (unpaired) electrons. The van der Waals surface area contributed by atoms with Gasteiger partial charge in [0.2, 0.25) is 12.3 Å². The fourth-order valence-electron chi connectivity index (χ4n) is 5.37. The van der Waals surface area contributed by atoms with E-state index in [0.29, 0.717) is 31.6 Å². The third-order valence-corrected chi connectivity index (χ3v) is 7.94. The largest absolute Gasteiger partial charge is 0.494 e. The maximum absolute atomic E-state index is 13.4. The minimum Gasteiger partial charge on any atom is -0.494 e. The molecular formula is C49H85N3O7. The van der Waals surface area contributed by atoms with Crippen LogP contribution in [0.25, 0.3) is 11.3 Å². The quantitative estimate of drug-likeness (QED) is 0.0474. The molecule has 2 aromatic carbocycles. The highest BCUT2D eigenvalue weighted by Gasteiger charge is 2.32. The Morgan fingerprint density at radius 1 is 0.763 bits per heavy atom. The molecule has 0 aliphatic carbocycles. The van der Waals surface area contributed by atoms with Gasteiger partial charge in [-0.2, -0.15) is 0 Å². The lowest BCUT2D eigenvalue weighted by Gasteiger charge is -2.32. The summed E-state index contributed by atoms with van der Waals surface area (Å²) in [6, 6.07) is 18.2. The number of furan rings is 1. The van der Waals surface area contributed by atoms with Gasteiger partial charge in [0.25, 0.3) is 5.91 Å². The summed E-state index contributed by atoms with van der Waals surface area (Å²) in [6.07, 6.45) is 10.9. The Kier molecular flexibility index (Phi) is 46.3. The zero-order chi connectivity index (χ0) is 45.9. The Labute approximate surface area is 360 Å². The van der Waals surface area contributed by atoms with Crippen molar-refractivity contribution >= 4 is 24.5 Å². The maximum atomic E-state index is 13.4. The predicted octanol–water partition coefficient (Wildman–Crippen LogP) is 12.9. The molecule has 3 amide bonds. The monoisotopic (exact) mass is 828 g/mol. The molecule has 0 saturated heterocycles. The van der Waals surface area contributed by atoms with Crippen molar-refractivity contribution < 1.29 is 33.2 Å². The number of rotatable bonds is 21. The van der Waals surface area contributed by atoms with Gasteiger partial charge in [-0.3, -0.25) is 19.2 Å². The van der Waals surface area contributed by atoms with Crippen LogP contribution in [0.1, 0.15) is 176 Å². The van der Waals surface area contributed by atoms with Gasteiger partial charge < -0.3 is 24.6 Å². The van der Waals surface area contributed by atoms with E-state index in [4.69, 9.17) is 18.8 Å². The van der Waals surface area contributed by atoms with Gasteiger partial charge >= 0.3 is 0 Å². The number of aldehydes is 1. The molecule has 3 aromatic rings. The van der Waals surface area contributed by atoms with E-state index in [0.717, 1.165) is 48.0 Å². The minimum absolute atomic E-state index is 0.0840. The van der Waals surface area contributed by atoms with E-state index in [1.165, 1.54) is 37.7 Å². The van der Waals surface area contributed by atoms with Crippen LogP contribution < -0.4 is 15.4 Å². The summed E-state index contributed by atoms with van der Waals surface area (Å²) in [5, 5.41) is 6.78. The van der Waals surface area contributed by atoms with Crippen LogP contribution in [0.2, 0.25) is 0 Å². The molecule has 2 unspecified atom stereocenters. The van der Waals surface area contributed by atoms with Crippen LogP contribution in [-0.2, 0) is 25.8 Å². The fourth-order valence-corrected chi connectivity index (χ4v) is 5.37. The normalized spacial score (nSPS) is 10.3. The Morgan fingerprint density at radius 2 is 1.32 bits per heavy atom. The summed E-state index contributed by atoms with van der Waals surface area (Å²) in [6.45, 7) is 30.5. The topological polar surface area (TPSA) is 127 Å². The van der Waals surface area contributed by atoms with Crippen molar-refractivity contribution in [3.8, 4) is 17.1 Å². The number of nitrogens with zero attached hydrogens (tertiary/aromatic N) is 1. The van der Waals surface area contributed by atoms with E-state index < -0.39 is 17.9 Å². The van der Waals surface area contributed by atoms with E-state index in [1.54, 1.807) is 12.1 Å². The summed E-state index contributed by atoms with van der Waals surface area (Å²) < 4.78 is 11.4. The van der Waals surface area contributed by atoms with Crippen molar-refractivity contribution in [1.29, 1.82) is 0 Å². The van der Waals surface area contributed by atoms with Crippen LogP contribution in [0.4, 0.5) is 0 Å². The lowest BCUT2D eigenvalue weighted by atomic mass is 9.90. The standard InChI is InChI=1S/C33H43N3O6.C6H14.C2H4O.4C2H6/c1-5-8-10-15-28(29(6-2)36(23-37)41-21-25-13-11-9-12-14-25)32(38)34-22-35-33(39)31-17-16-30(42-31)26-18-24(4)19-27(20-26)40-7-3;1-3-5-6-4-2;1-2-3;4*1-2/h9,11-14,16-20,23,28-29H,5-8,10,15,21-22H2,1-4H3,(H,34,38)(H,35,39);3-6H2,1-2H3;2H,1H3;4*1-2H3. The number of aryl methyl sites for hydroxylation is 1. The summed E-state index contributed by atoms with van der Waals surface area (Å²) in [5.74, 6) is 0.197. The summed E-state index contributed by atoms with van der Waals surface area (Å²) in [7, 11) is 0. The predicted molar refractivity (Wildman–Crippen MR) is 248 cm³/mol. The van der Waals surface area contributed by atoms with E-state index in [9.17, 15) is 14.4 Å². The molecule has 59 heavy (non-hydrogen) atoms. The second kappa shape index (κ2) is 44.7. The van der Waals surface area contributed by atoms with Gasteiger partial charge in [0.1, 0.15) is 24.4 Å². The van der Waals surface area contributed by atoms with E-state index in [2.05, 4.69) is 31.4 Å². The molecular weight excluding hydrogens is 743 g/mol. The lowest BCUT2D eigenvalue weighted by molar-refractivity contribution is -0.200. The van der Waals surface area contributed by atoms with Gasteiger partial charge in [-0.05, 0) is 75.1 Å². The van der Waals surface area contributed by atoms with Crippen LogP contribution in [0.5, 0.6) is 5.75 Å². The second-order valence-electron chi connectivity index (χ2n) is 12.1. The molecule has 3 rings (SSSR count). The van der Waals surface area contributed by atoms with Crippen LogP contribution >= 0.6 is 0 Å². The number of amides is 3. The van der Waals surface area contributed by atoms with Gasteiger partial charge in [-0.25, -0.2) is 5.06 Å². The lowest BCUT2D eigenvalue weighted by Crippen LogP contribution is -2.48. The molecule has 338 valence electrons. The first kappa shape index (κ1) is 61.2. The molecule has 10 nitrogen and oxygen atoms in total. The number of hydroxylamine groups is 2. The van der Waals surface area contributed by atoms with Crippen LogP contribution in [-0.4, -0.2) is 48.9 Å². The molecule has 10 heteroatoms. The van der Waals surface area contributed by atoms with Crippen LogP contribution in [0.15, 0.2) is 65.1 Å². The number of hydrogen-bond donors (Lipinski definition) is 2. The van der Waals surface area contributed by atoms with Crippen molar-refractivity contribution in [2.75, 3.05) is 13.3 Å².